The van der Waals surface area contributed by atoms with Crippen molar-refractivity contribution < 1.29 is 4.79 Å². The molecule has 2 aromatic carbocycles. The van der Waals surface area contributed by atoms with Gasteiger partial charge in [0.25, 0.3) is 0 Å². The molecule has 2 nitrogen and oxygen atoms in total. The highest BCUT2D eigenvalue weighted by atomic mass is 16.1. The molecule has 0 saturated heterocycles. The lowest BCUT2D eigenvalue weighted by Crippen LogP contribution is -1.99. The lowest BCUT2D eigenvalue weighted by molar-refractivity contribution is 0.104. The van der Waals surface area contributed by atoms with Gasteiger partial charge in [0.05, 0.1) is 5.70 Å². The van der Waals surface area contributed by atoms with Gasteiger partial charge in [-0.05, 0) is 30.7 Å². The molecule has 1 heterocycles. The summed E-state index contributed by atoms with van der Waals surface area (Å²) in [5.74, 6) is 0.0621. The van der Waals surface area contributed by atoms with Crippen LogP contribution in [0.25, 0.3) is 6.08 Å². The van der Waals surface area contributed by atoms with Crippen LogP contribution in [-0.2, 0) is 0 Å². The van der Waals surface area contributed by atoms with E-state index < -0.39 is 0 Å². The number of anilines is 1. The molecule has 3 rings (SSSR count). The molecule has 0 aromatic heterocycles. The van der Waals surface area contributed by atoms with Crippen molar-refractivity contribution in [1.82, 2.24) is 0 Å². The van der Waals surface area contributed by atoms with Gasteiger partial charge < -0.3 is 5.32 Å². The second-order valence-electron chi connectivity index (χ2n) is 4.47. The van der Waals surface area contributed by atoms with Crippen LogP contribution in [0.1, 0.15) is 21.5 Å². The van der Waals surface area contributed by atoms with E-state index in [1.54, 1.807) is 0 Å². The topological polar surface area (TPSA) is 29.1 Å². The van der Waals surface area contributed by atoms with Crippen molar-refractivity contribution in [2.24, 2.45) is 0 Å². The molecule has 0 radical (unpaired) electrons. The predicted molar refractivity (Wildman–Crippen MR) is 73.6 cm³/mol. The molecule has 0 fully saturated rings. The van der Waals surface area contributed by atoms with Crippen LogP contribution in [-0.4, -0.2) is 5.78 Å². The summed E-state index contributed by atoms with van der Waals surface area (Å²) in [4.78, 5) is 12.2. The van der Waals surface area contributed by atoms with Crippen molar-refractivity contribution in [3.8, 4) is 0 Å². The quantitative estimate of drug-likeness (QED) is 0.764. The van der Waals surface area contributed by atoms with Crippen LogP contribution in [0.15, 0.2) is 54.2 Å². The Labute approximate surface area is 106 Å². The predicted octanol–water partition coefficient (Wildman–Crippen LogP) is 3.64. The van der Waals surface area contributed by atoms with E-state index in [0.717, 1.165) is 16.8 Å². The first-order chi connectivity index (χ1) is 8.74. The van der Waals surface area contributed by atoms with Crippen LogP contribution in [0.3, 0.4) is 0 Å². The van der Waals surface area contributed by atoms with E-state index >= 15 is 0 Å². The first kappa shape index (κ1) is 10.8. The smallest absolute Gasteiger partial charge is 0.211 e. The molecule has 0 saturated carbocycles. The SMILES string of the molecule is Cc1cccc(/C=C2\Nc3ccccc3C2=O)c1. The first-order valence-corrected chi connectivity index (χ1v) is 5.93. The number of benzene rings is 2. The van der Waals surface area contributed by atoms with Gasteiger partial charge in [-0.1, -0.05) is 42.0 Å². The van der Waals surface area contributed by atoms with Gasteiger partial charge in [0.2, 0.25) is 5.78 Å². The third kappa shape index (κ3) is 1.82. The fourth-order valence-corrected chi connectivity index (χ4v) is 2.17. The number of nitrogens with one attached hydrogen (secondary N) is 1. The fraction of sp³-hybridized carbons (Fsp3) is 0.0625. The van der Waals surface area contributed by atoms with Gasteiger partial charge in [-0.25, -0.2) is 0 Å². The Balaban J connectivity index is 1.99. The number of Topliss-reactive ketones (excluding diaryl/α,β-unsaturated/α-hetero) is 1. The number of fused-ring (bicyclic) bond motifs is 1. The Hall–Kier alpha value is -2.35. The maximum Gasteiger partial charge on any atom is 0.211 e. The summed E-state index contributed by atoms with van der Waals surface area (Å²) in [7, 11) is 0. The summed E-state index contributed by atoms with van der Waals surface area (Å²) in [6.45, 7) is 2.04. The molecule has 1 aliphatic heterocycles. The molecule has 2 aromatic rings. The molecule has 18 heavy (non-hydrogen) atoms. The van der Waals surface area contributed by atoms with Gasteiger partial charge in [-0.15, -0.1) is 0 Å². The fourth-order valence-electron chi connectivity index (χ4n) is 2.17. The molecule has 0 amide bonds. The third-order valence-electron chi connectivity index (χ3n) is 3.04. The van der Waals surface area contributed by atoms with E-state index in [0.29, 0.717) is 5.70 Å². The second kappa shape index (κ2) is 4.15. The highest BCUT2D eigenvalue weighted by molar-refractivity contribution is 6.20. The molecule has 88 valence electrons. The van der Waals surface area contributed by atoms with E-state index in [9.17, 15) is 4.79 Å². The van der Waals surface area contributed by atoms with E-state index in [1.807, 2.05) is 55.5 Å². The number of aryl methyl sites for hydroxylation is 1. The van der Waals surface area contributed by atoms with Crippen molar-refractivity contribution >= 4 is 17.5 Å². The Morgan fingerprint density at radius 2 is 1.89 bits per heavy atom. The largest absolute Gasteiger partial charge is 0.352 e. The van der Waals surface area contributed by atoms with Crippen LogP contribution in [0, 0.1) is 6.92 Å². The summed E-state index contributed by atoms with van der Waals surface area (Å²) >= 11 is 0. The van der Waals surface area contributed by atoms with Crippen LogP contribution in [0.2, 0.25) is 0 Å². The average Bonchev–Trinajstić information content (AvgIpc) is 2.67. The molecule has 1 aliphatic rings. The molecule has 0 unspecified atom stereocenters. The highest BCUT2D eigenvalue weighted by Crippen LogP contribution is 2.28. The van der Waals surface area contributed by atoms with Gasteiger partial charge >= 0.3 is 0 Å². The van der Waals surface area contributed by atoms with Gasteiger partial charge in [-0.3, -0.25) is 4.79 Å². The number of allylic oxidation sites excluding steroid dienone is 1. The van der Waals surface area contributed by atoms with Crippen molar-refractivity contribution in [2.45, 2.75) is 6.92 Å². The monoisotopic (exact) mass is 235 g/mol. The summed E-state index contributed by atoms with van der Waals surface area (Å²) in [6.07, 6.45) is 1.90. The number of carbonyl (C=O) groups is 1. The minimum atomic E-state index is 0.0621. The lowest BCUT2D eigenvalue weighted by atomic mass is 10.1. The minimum Gasteiger partial charge on any atom is -0.352 e. The Morgan fingerprint density at radius 1 is 1.06 bits per heavy atom. The average molecular weight is 235 g/mol. The number of hydrogen-bond acceptors (Lipinski definition) is 2. The van der Waals surface area contributed by atoms with Crippen molar-refractivity contribution in [3.63, 3.8) is 0 Å². The number of carbonyl (C=O) groups excluding carboxylic acids is 1. The first-order valence-electron chi connectivity index (χ1n) is 5.93. The molecule has 0 atom stereocenters. The third-order valence-corrected chi connectivity index (χ3v) is 3.04. The number of para-hydroxylation sites is 1. The van der Waals surface area contributed by atoms with Crippen LogP contribution >= 0.6 is 0 Å². The normalized spacial score (nSPS) is 15.6. The summed E-state index contributed by atoms with van der Waals surface area (Å²) in [5, 5.41) is 3.16. The van der Waals surface area contributed by atoms with Gasteiger partial charge in [0.1, 0.15) is 0 Å². The maximum atomic E-state index is 12.2. The van der Waals surface area contributed by atoms with E-state index in [4.69, 9.17) is 0 Å². The molecular weight excluding hydrogens is 222 g/mol. The van der Waals surface area contributed by atoms with Crippen molar-refractivity contribution in [2.75, 3.05) is 5.32 Å². The van der Waals surface area contributed by atoms with E-state index in [1.165, 1.54) is 5.56 Å². The zero-order chi connectivity index (χ0) is 12.5. The van der Waals surface area contributed by atoms with Gasteiger partial charge in [0, 0.05) is 11.3 Å². The molecule has 2 heteroatoms. The summed E-state index contributed by atoms with van der Waals surface area (Å²) < 4.78 is 0. The highest BCUT2D eigenvalue weighted by Gasteiger charge is 2.23. The van der Waals surface area contributed by atoms with Crippen molar-refractivity contribution in [3.05, 3.63) is 70.9 Å². The maximum absolute atomic E-state index is 12.2. The molecule has 0 spiro atoms. The molecule has 0 bridgehead atoms. The summed E-state index contributed by atoms with van der Waals surface area (Å²) in [6, 6.07) is 15.7. The second-order valence-corrected chi connectivity index (χ2v) is 4.47. The Bertz CT molecular complexity index is 656. The van der Waals surface area contributed by atoms with Crippen LogP contribution in [0.4, 0.5) is 5.69 Å². The molecule has 0 aliphatic carbocycles. The number of rotatable bonds is 1. The van der Waals surface area contributed by atoms with Gasteiger partial charge in [-0.2, -0.15) is 0 Å². The zero-order valence-corrected chi connectivity index (χ0v) is 10.1. The Kier molecular flexibility index (Phi) is 2.49. The number of ketones is 1. The van der Waals surface area contributed by atoms with Gasteiger partial charge in [0.15, 0.2) is 0 Å². The standard InChI is InChI=1S/C16H13NO/c1-11-5-4-6-12(9-11)10-15-16(18)13-7-2-3-8-14(13)17-15/h2-10,17H,1H3/b15-10-. The number of hydrogen-bond donors (Lipinski definition) is 1. The zero-order valence-electron chi connectivity index (χ0n) is 10.1. The molecule has 1 N–H and O–H groups in total. The Morgan fingerprint density at radius 3 is 2.67 bits per heavy atom. The lowest BCUT2D eigenvalue weighted by Gasteiger charge is -2.00. The van der Waals surface area contributed by atoms with E-state index in [-0.39, 0.29) is 5.78 Å². The van der Waals surface area contributed by atoms with Crippen LogP contribution < -0.4 is 5.32 Å². The van der Waals surface area contributed by atoms with E-state index in [2.05, 4.69) is 11.4 Å². The van der Waals surface area contributed by atoms with Crippen LogP contribution in [0.5, 0.6) is 0 Å². The molecular formula is C16H13NO. The minimum absolute atomic E-state index is 0.0621. The summed E-state index contributed by atoms with van der Waals surface area (Å²) in [5.41, 5.74) is 4.51. The van der Waals surface area contributed by atoms with Crippen molar-refractivity contribution in [1.29, 1.82) is 0 Å².